The van der Waals surface area contributed by atoms with Gasteiger partial charge >= 0.3 is 0 Å². The van der Waals surface area contributed by atoms with Crippen LogP contribution in [0.25, 0.3) is 0 Å². The molecule has 2 N–H and O–H groups in total. The zero-order chi connectivity index (χ0) is 14.3. The maximum absolute atomic E-state index is 8.81. The molecule has 108 valence electrons. The molecule has 0 heterocycles. The van der Waals surface area contributed by atoms with Crippen molar-refractivity contribution in [1.29, 1.82) is 0 Å². The number of ether oxygens (including phenoxy) is 2. The van der Waals surface area contributed by atoms with Gasteiger partial charge in [0.1, 0.15) is 6.61 Å². The largest absolute Gasteiger partial charge is 0.493 e. The quantitative estimate of drug-likeness (QED) is 0.768. The van der Waals surface area contributed by atoms with E-state index in [4.69, 9.17) is 14.6 Å². The Morgan fingerprint density at radius 1 is 1.37 bits per heavy atom. The molecule has 0 fully saturated rings. The molecule has 5 heteroatoms. The molecule has 1 aromatic rings. The highest BCUT2D eigenvalue weighted by Gasteiger charge is 2.11. The van der Waals surface area contributed by atoms with Gasteiger partial charge in [-0.25, -0.2) is 0 Å². The molecule has 0 aliphatic rings. The lowest BCUT2D eigenvalue weighted by Gasteiger charge is -2.14. The zero-order valence-electron chi connectivity index (χ0n) is 11.7. The molecule has 0 aromatic heterocycles. The number of nitrogens with one attached hydrogen (secondary N) is 1. The molecule has 0 saturated carbocycles. The van der Waals surface area contributed by atoms with Crippen molar-refractivity contribution < 1.29 is 14.6 Å². The van der Waals surface area contributed by atoms with E-state index in [0.29, 0.717) is 17.4 Å². The van der Waals surface area contributed by atoms with Gasteiger partial charge in [-0.3, -0.25) is 0 Å². The fourth-order valence-electron chi connectivity index (χ4n) is 1.67. The molecule has 0 radical (unpaired) electrons. The molecule has 0 amide bonds. The maximum atomic E-state index is 8.81. The van der Waals surface area contributed by atoms with E-state index in [9.17, 15) is 0 Å². The SMILES string of the molecule is COc1cc(CNCC(C)C)cc(Br)c1OCCO. The van der Waals surface area contributed by atoms with Crippen molar-refractivity contribution in [2.75, 3.05) is 26.9 Å². The van der Waals surface area contributed by atoms with Crippen LogP contribution in [0.2, 0.25) is 0 Å². The second kappa shape index (κ2) is 8.40. The first-order valence-electron chi connectivity index (χ1n) is 6.39. The molecule has 4 nitrogen and oxygen atoms in total. The molecule has 19 heavy (non-hydrogen) atoms. The minimum atomic E-state index is -0.0205. The van der Waals surface area contributed by atoms with Gasteiger partial charge in [0.25, 0.3) is 0 Å². The van der Waals surface area contributed by atoms with Crippen molar-refractivity contribution >= 4 is 15.9 Å². The van der Waals surface area contributed by atoms with Crippen molar-refractivity contribution in [2.45, 2.75) is 20.4 Å². The summed E-state index contributed by atoms with van der Waals surface area (Å²) in [4.78, 5) is 0. The highest BCUT2D eigenvalue weighted by Crippen LogP contribution is 2.36. The number of halogens is 1. The molecule has 0 saturated heterocycles. The minimum Gasteiger partial charge on any atom is -0.493 e. The molecule has 1 rings (SSSR count). The summed E-state index contributed by atoms with van der Waals surface area (Å²) < 4.78 is 11.6. The Hall–Kier alpha value is -0.780. The van der Waals surface area contributed by atoms with Crippen LogP contribution in [0.3, 0.4) is 0 Å². The van der Waals surface area contributed by atoms with E-state index in [1.54, 1.807) is 7.11 Å². The monoisotopic (exact) mass is 331 g/mol. The van der Waals surface area contributed by atoms with E-state index in [1.165, 1.54) is 0 Å². The lowest BCUT2D eigenvalue weighted by molar-refractivity contribution is 0.195. The molecule has 0 aliphatic heterocycles. The van der Waals surface area contributed by atoms with Crippen LogP contribution < -0.4 is 14.8 Å². The molecular formula is C14H22BrNO3. The van der Waals surface area contributed by atoms with Crippen LogP contribution in [0.15, 0.2) is 16.6 Å². The number of aliphatic hydroxyl groups is 1. The Kier molecular flexibility index (Phi) is 7.20. The number of hydrogen-bond acceptors (Lipinski definition) is 4. The summed E-state index contributed by atoms with van der Waals surface area (Å²) in [6.45, 7) is 6.34. The summed E-state index contributed by atoms with van der Waals surface area (Å²) in [5.41, 5.74) is 1.13. The highest BCUT2D eigenvalue weighted by molar-refractivity contribution is 9.10. The second-order valence-corrected chi connectivity index (χ2v) is 5.56. The third-order valence-corrected chi connectivity index (χ3v) is 3.10. The Balaban J connectivity index is 2.77. The van der Waals surface area contributed by atoms with Crippen LogP contribution in [0.1, 0.15) is 19.4 Å². The number of rotatable bonds is 8. The number of methoxy groups -OCH3 is 1. The van der Waals surface area contributed by atoms with Crippen LogP contribution in [-0.4, -0.2) is 32.0 Å². The average molecular weight is 332 g/mol. The fourth-order valence-corrected chi connectivity index (χ4v) is 2.27. The average Bonchev–Trinajstić information content (AvgIpc) is 2.36. The predicted octanol–water partition coefficient (Wildman–Crippen LogP) is 2.57. The van der Waals surface area contributed by atoms with E-state index in [1.807, 2.05) is 12.1 Å². The van der Waals surface area contributed by atoms with Crippen LogP contribution in [0, 0.1) is 5.92 Å². The smallest absolute Gasteiger partial charge is 0.175 e. The summed E-state index contributed by atoms with van der Waals surface area (Å²) >= 11 is 3.48. The summed E-state index contributed by atoms with van der Waals surface area (Å²) in [5, 5.41) is 12.2. The zero-order valence-corrected chi connectivity index (χ0v) is 13.3. The molecule has 0 atom stereocenters. The van der Waals surface area contributed by atoms with Crippen molar-refractivity contribution in [3.8, 4) is 11.5 Å². The molecule has 0 bridgehead atoms. The van der Waals surface area contributed by atoms with Gasteiger partial charge in [0.05, 0.1) is 18.2 Å². The van der Waals surface area contributed by atoms with Gasteiger partial charge in [-0.1, -0.05) is 13.8 Å². The summed E-state index contributed by atoms with van der Waals surface area (Å²) in [5.74, 6) is 1.92. The molecular weight excluding hydrogens is 310 g/mol. The van der Waals surface area contributed by atoms with Gasteiger partial charge < -0.3 is 19.9 Å². The minimum absolute atomic E-state index is 0.0205. The summed E-state index contributed by atoms with van der Waals surface area (Å²) in [6, 6.07) is 3.95. The van der Waals surface area contributed by atoms with Crippen LogP contribution in [-0.2, 0) is 6.54 Å². The van der Waals surface area contributed by atoms with E-state index in [2.05, 4.69) is 35.1 Å². The van der Waals surface area contributed by atoms with Crippen LogP contribution in [0.4, 0.5) is 0 Å². The number of benzene rings is 1. The molecule has 0 aliphatic carbocycles. The van der Waals surface area contributed by atoms with Gasteiger partial charge in [0.2, 0.25) is 0 Å². The number of aliphatic hydroxyl groups excluding tert-OH is 1. The molecule has 0 unspecified atom stereocenters. The molecule has 1 aromatic carbocycles. The standard InChI is InChI=1S/C14H22BrNO3/c1-10(2)8-16-9-11-6-12(15)14(19-5-4-17)13(7-11)18-3/h6-7,10,16-17H,4-5,8-9H2,1-3H3. The Morgan fingerprint density at radius 3 is 2.68 bits per heavy atom. The molecule has 0 spiro atoms. The van der Waals surface area contributed by atoms with Crippen molar-refractivity contribution in [3.63, 3.8) is 0 Å². The Labute approximate surface area is 123 Å². The Bertz CT molecular complexity index is 397. The lowest BCUT2D eigenvalue weighted by atomic mass is 10.2. The highest BCUT2D eigenvalue weighted by atomic mass is 79.9. The first-order chi connectivity index (χ1) is 9.08. The van der Waals surface area contributed by atoms with Gasteiger partial charge in [0, 0.05) is 6.54 Å². The van der Waals surface area contributed by atoms with Crippen LogP contribution >= 0.6 is 15.9 Å². The topological polar surface area (TPSA) is 50.7 Å². The lowest BCUT2D eigenvalue weighted by Crippen LogP contribution is -2.19. The van der Waals surface area contributed by atoms with Gasteiger partial charge in [-0.2, -0.15) is 0 Å². The van der Waals surface area contributed by atoms with Gasteiger partial charge in [-0.15, -0.1) is 0 Å². The van der Waals surface area contributed by atoms with Gasteiger partial charge in [-0.05, 0) is 46.1 Å². The first kappa shape index (κ1) is 16.3. The third-order valence-electron chi connectivity index (χ3n) is 2.51. The summed E-state index contributed by atoms with van der Waals surface area (Å²) in [6.07, 6.45) is 0. The van der Waals surface area contributed by atoms with Crippen molar-refractivity contribution in [2.24, 2.45) is 5.92 Å². The normalized spacial score (nSPS) is 10.8. The third kappa shape index (κ3) is 5.38. The van der Waals surface area contributed by atoms with E-state index in [0.717, 1.165) is 23.1 Å². The summed E-state index contributed by atoms with van der Waals surface area (Å²) in [7, 11) is 1.61. The van der Waals surface area contributed by atoms with Crippen molar-refractivity contribution in [3.05, 3.63) is 22.2 Å². The number of hydrogen-bond donors (Lipinski definition) is 2. The fraction of sp³-hybridized carbons (Fsp3) is 0.571. The van der Waals surface area contributed by atoms with Gasteiger partial charge in [0.15, 0.2) is 11.5 Å². The first-order valence-corrected chi connectivity index (χ1v) is 7.18. The second-order valence-electron chi connectivity index (χ2n) is 4.71. The maximum Gasteiger partial charge on any atom is 0.175 e. The van der Waals surface area contributed by atoms with Crippen molar-refractivity contribution in [1.82, 2.24) is 5.32 Å². The predicted molar refractivity (Wildman–Crippen MR) is 79.8 cm³/mol. The van der Waals surface area contributed by atoms with E-state index >= 15 is 0 Å². The van der Waals surface area contributed by atoms with Crippen LogP contribution in [0.5, 0.6) is 11.5 Å². The van der Waals surface area contributed by atoms with E-state index in [-0.39, 0.29) is 13.2 Å². The Morgan fingerprint density at radius 2 is 2.11 bits per heavy atom. The van der Waals surface area contributed by atoms with E-state index < -0.39 is 0 Å².